The Balaban J connectivity index is 0. The Morgan fingerprint density at radius 3 is 1.50 bits per heavy atom. The molecule has 6 heavy (non-hydrogen) atoms. The number of hydrogen-bond acceptors (Lipinski definition) is 1. The van der Waals surface area contributed by atoms with E-state index in [2.05, 4.69) is 15.7 Å². The van der Waals surface area contributed by atoms with Gasteiger partial charge in [0.05, 0.1) is 0 Å². The zero-order chi connectivity index (χ0) is 5.41. The van der Waals surface area contributed by atoms with Crippen LogP contribution in [0.1, 0.15) is 13.8 Å². The molecule has 0 aliphatic carbocycles. The second-order valence-corrected chi connectivity index (χ2v) is 1.26. The fraction of sp³-hybridized carbons (Fsp3) is 1.00. The molecule has 0 aromatic carbocycles. The van der Waals surface area contributed by atoms with Crippen molar-refractivity contribution in [3.05, 3.63) is 0 Å². The average molecular weight is 133 g/mol. The van der Waals surface area contributed by atoms with Crippen LogP contribution in [-0.2, 0) is 15.7 Å². The predicted molar refractivity (Wildman–Crippen MR) is 21.0 cm³/mol. The Labute approximate surface area is 47.3 Å². The molecule has 2 heteroatoms. The normalized spacial score (nSPS) is 6.00. The molecule has 0 fully saturated rings. The zero-order valence-corrected chi connectivity index (χ0v) is 5.20. The van der Waals surface area contributed by atoms with Crippen LogP contribution in [0.2, 0.25) is 5.36 Å². The standard InChI is InChI=1S/C2H5O.C2H5.Co/c1-2-3;1-2;/h2H2,1H3;1H2,2H3;/q-1;;+1. The van der Waals surface area contributed by atoms with Gasteiger partial charge in [0.15, 0.2) is 0 Å². The first-order chi connectivity index (χ1) is 2.83. The second-order valence-electron chi connectivity index (χ2n) is 0.524. The minimum atomic E-state index is 0. The molecule has 0 spiro atoms. The van der Waals surface area contributed by atoms with Gasteiger partial charge in [0.2, 0.25) is 0 Å². The molecular formula is C4H10CoO. The van der Waals surface area contributed by atoms with Crippen LogP contribution in [0.15, 0.2) is 0 Å². The van der Waals surface area contributed by atoms with E-state index in [0.717, 1.165) is 5.36 Å². The van der Waals surface area contributed by atoms with Crippen molar-refractivity contribution in [1.29, 1.82) is 0 Å². The molecule has 0 amide bonds. The van der Waals surface area contributed by atoms with Crippen LogP contribution in [0.5, 0.6) is 0 Å². The van der Waals surface area contributed by atoms with Gasteiger partial charge in [0.1, 0.15) is 0 Å². The zero-order valence-electron chi connectivity index (χ0n) is 4.16. The number of rotatable bonds is 0. The van der Waals surface area contributed by atoms with Crippen LogP contribution in [0.4, 0.5) is 0 Å². The van der Waals surface area contributed by atoms with Crippen molar-refractivity contribution >= 4 is 0 Å². The fourth-order valence-corrected chi connectivity index (χ4v) is 0. The summed E-state index contributed by atoms with van der Waals surface area (Å²) in [4.78, 5) is 0. The fourth-order valence-electron chi connectivity index (χ4n) is 0. The summed E-state index contributed by atoms with van der Waals surface area (Å²) in [5.41, 5.74) is 0. The molecule has 0 aromatic heterocycles. The Morgan fingerprint density at radius 2 is 1.50 bits per heavy atom. The van der Waals surface area contributed by atoms with E-state index >= 15 is 0 Å². The van der Waals surface area contributed by atoms with Crippen LogP contribution in [0.3, 0.4) is 0 Å². The molecule has 0 rings (SSSR count). The van der Waals surface area contributed by atoms with Gasteiger partial charge in [-0.1, -0.05) is 6.92 Å². The van der Waals surface area contributed by atoms with E-state index < -0.39 is 0 Å². The third-order valence-corrected chi connectivity index (χ3v) is 0. The van der Waals surface area contributed by atoms with E-state index in [9.17, 15) is 0 Å². The summed E-state index contributed by atoms with van der Waals surface area (Å²) in [5, 5.41) is 9.87. The van der Waals surface area contributed by atoms with Gasteiger partial charge in [-0.2, -0.15) is 0 Å². The molecule has 0 heterocycles. The van der Waals surface area contributed by atoms with Crippen molar-refractivity contribution in [2.24, 2.45) is 0 Å². The van der Waals surface area contributed by atoms with Crippen molar-refractivity contribution in [2.45, 2.75) is 19.2 Å². The summed E-state index contributed by atoms with van der Waals surface area (Å²) in [7, 11) is 0. The molecule has 1 nitrogen and oxygen atoms in total. The average Bonchev–Trinajstić information content (AvgIpc) is 1.39. The van der Waals surface area contributed by atoms with E-state index in [1.54, 1.807) is 6.92 Å². The monoisotopic (exact) mass is 133 g/mol. The molecule has 0 N–H and O–H groups in total. The van der Waals surface area contributed by atoms with Gasteiger partial charge < -0.3 is 5.11 Å². The van der Waals surface area contributed by atoms with Crippen molar-refractivity contribution in [3.63, 3.8) is 0 Å². The van der Waals surface area contributed by atoms with Gasteiger partial charge in [-0.3, -0.25) is 0 Å². The molecule has 0 aliphatic rings. The van der Waals surface area contributed by atoms with E-state index in [1.807, 2.05) is 6.92 Å². The summed E-state index contributed by atoms with van der Waals surface area (Å²) in [6.45, 7) is 3.56. The third kappa shape index (κ3) is 247. The molecule has 0 aliphatic heterocycles. The van der Waals surface area contributed by atoms with E-state index in [1.165, 1.54) is 0 Å². The molecule has 0 saturated heterocycles. The molecule has 0 bridgehead atoms. The Bertz CT molecular complexity index is 9.51. The van der Waals surface area contributed by atoms with Gasteiger partial charge in [0.25, 0.3) is 0 Å². The molecule has 0 unspecified atom stereocenters. The van der Waals surface area contributed by atoms with Crippen LogP contribution in [0.25, 0.3) is 0 Å². The molecule has 0 radical (unpaired) electrons. The Morgan fingerprint density at radius 1 is 1.50 bits per heavy atom. The predicted octanol–water partition coefficient (Wildman–Crippen LogP) is 0.338. The third-order valence-electron chi connectivity index (χ3n) is 0. The number of hydrogen-bond donors (Lipinski definition) is 0. The maximum atomic E-state index is 8.93. The summed E-state index contributed by atoms with van der Waals surface area (Å²) in [6, 6.07) is 0. The van der Waals surface area contributed by atoms with E-state index in [-0.39, 0.29) is 6.61 Å². The quantitative estimate of drug-likeness (QED) is 0.467. The second kappa shape index (κ2) is 17.9. The molecule has 41 valence electrons. The first-order valence-electron chi connectivity index (χ1n) is 1.94. The Kier molecular flexibility index (Phi) is 28.9. The topological polar surface area (TPSA) is 23.1 Å². The summed E-state index contributed by atoms with van der Waals surface area (Å²) in [5.74, 6) is 0. The Hall–Kier alpha value is 0.466. The van der Waals surface area contributed by atoms with Gasteiger partial charge in [-0.15, -0.1) is 6.61 Å². The van der Waals surface area contributed by atoms with Gasteiger partial charge in [-0.05, 0) is 0 Å². The van der Waals surface area contributed by atoms with Gasteiger partial charge in [0, 0.05) is 0 Å². The maximum absolute atomic E-state index is 8.93. The van der Waals surface area contributed by atoms with Crippen molar-refractivity contribution < 1.29 is 20.8 Å². The molecule has 0 aromatic rings. The van der Waals surface area contributed by atoms with Crippen LogP contribution < -0.4 is 5.11 Å². The summed E-state index contributed by atoms with van der Waals surface area (Å²) in [6.07, 6.45) is 0. The first kappa shape index (κ1) is 9.69. The van der Waals surface area contributed by atoms with Crippen molar-refractivity contribution in [1.82, 2.24) is 0 Å². The minimum absolute atomic E-state index is 0. The van der Waals surface area contributed by atoms with E-state index in [0.29, 0.717) is 0 Å². The molecular weight excluding hydrogens is 123 g/mol. The van der Waals surface area contributed by atoms with Gasteiger partial charge >= 0.3 is 28.0 Å². The summed E-state index contributed by atoms with van der Waals surface area (Å²) < 4.78 is 0. The van der Waals surface area contributed by atoms with Crippen LogP contribution >= 0.6 is 0 Å². The van der Waals surface area contributed by atoms with Crippen LogP contribution in [0, 0.1) is 0 Å². The molecule has 0 saturated carbocycles. The first-order valence-corrected chi connectivity index (χ1v) is 2.67. The van der Waals surface area contributed by atoms with Crippen molar-refractivity contribution in [3.8, 4) is 0 Å². The summed E-state index contributed by atoms with van der Waals surface area (Å²) >= 11 is 3.83. The van der Waals surface area contributed by atoms with Gasteiger partial charge in [-0.25, -0.2) is 0 Å². The SMILES string of the molecule is CC[O-].C[CH2][Co+]. The van der Waals surface area contributed by atoms with E-state index in [4.69, 9.17) is 5.11 Å². The van der Waals surface area contributed by atoms with Crippen molar-refractivity contribution in [2.75, 3.05) is 6.61 Å². The molecule has 0 atom stereocenters. The van der Waals surface area contributed by atoms with Crippen LogP contribution in [-0.4, -0.2) is 6.61 Å².